The van der Waals surface area contributed by atoms with Crippen molar-refractivity contribution < 1.29 is 24.7 Å². The van der Waals surface area contributed by atoms with Crippen LogP contribution in [0.5, 0.6) is 0 Å². The van der Waals surface area contributed by atoms with Crippen molar-refractivity contribution in [2.45, 2.75) is 96.4 Å². The number of aryl methyl sites for hydroxylation is 1. The van der Waals surface area contributed by atoms with Crippen LogP contribution in [0.4, 0.5) is 5.82 Å². The van der Waals surface area contributed by atoms with E-state index in [1.165, 1.54) is 4.57 Å². The number of carbonyl (C=O) groups is 1. The minimum Gasteiger partial charge on any atom is -0.375 e. The molecule has 2 aromatic rings. The molecule has 12 heteroatoms. The molecule has 1 aliphatic heterocycles. The van der Waals surface area contributed by atoms with Crippen molar-refractivity contribution in [3.8, 4) is 0 Å². The highest BCUT2D eigenvalue weighted by atomic mass is 31.2. The number of aromatic nitrogens is 2. The molecule has 4 rings (SSSR count). The molecule has 1 aromatic carbocycles. The third-order valence-corrected chi connectivity index (χ3v) is 9.87. The number of methoxy groups -OCH3 is 1. The molecular weight excluding hydrogens is 557 g/mol. The van der Waals surface area contributed by atoms with Gasteiger partial charge < -0.3 is 28.7 Å². The summed E-state index contributed by atoms with van der Waals surface area (Å²) in [4.78, 5) is 33.7. The van der Waals surface area contributed by atoms with E-state index in [4.69, 9.17) is 26.5 Å². The fraction of sp³-hybridized carbons (Fsp3) is 0.600. The number of benzene rings is 1. The second-order valence-corrected chi connectivity index (χ2v) is 12.7. The van der Waals surface area contributed by atoms with Gasteiger partial charge in [-0.25, -0.2) is 16.0 Å². The van der Waals surface area contributed by atoms with E-state index in [2.05, 4.69) is 47.5 Å². The number of carbonyl (C=O) groups excluding carboxylic acids is 1. The maximum atomic E-state index is 13.4. The van der Waals surface area contributed by atoms with Crippen LogP contribution in [0.25, 0.3) is 4.85 Å². The van der Waals surface area contributed by atoms with Gasteiger partial charge in [-0.2, -0.15) is 4.98 Å². The minimum atomic E-state index is -1.63. The van der Waals surface area contributed by atoms with Gasteiger partial charge in [-0.3, -0.25) is 9.36 Å². The van der Waals surface area contributed by atoms with Crippen molar-refractivity contribution in [2.24, 2.45) is 0 Å². The first-order valence-electron chi connectivity index (χ1n) is 14.9. The molecule has 1 saturated carbocycles. The van der Waals surface area contributed by atoms with E-state index in [9.17, 15) is 9.59 Å². The number of anilines is 1. The number of ether oxygens (including phenoxy) is 2. The Morgan fingerprint density at radius 2 is 2.00 bits per heavy atom. The van der Waals surface area contributed by atoms with E-state index in [0.717, 1.165) is 0 Å². The molecule has 1 aromatic heterocycles. The lowest BCUT2D eigenvalue weighted by Crippen LogP contribution is -2.51. The molecule has 0 spiro atoms. The fourth-order valence-corrected chi connectivity index (χ4v) is 7.19. The van der Waals surface area contributed by atoms with Crippen LogP contribution in [0.3, 0.4) is 0 Å². The predicted molar refractivity (Wildman–Crippen MR) is 161 cm³/mol. The monoisotopic (exact) mass is 600 g/mol. The van der Waals surface area contributed by atoms with Gasteiger partial charge in [-0.05, 0) is 66.5 Å². The number of amides is 1. The molecule has 1 saturated heterocycles. The van der Waals surface area contributed by atoms with Crippen molar-refractivity contribution in [1.82, 2.24) is 14.2 Å². The topological polar surface area (TPSA) is 109 Å². The van der Waals surface area contributed by atoms with Gasteiger partial charge in [0.1, 0.15) is 30.4 Å². The lowest BCUT2D eigenvalue weighted by Gasteiger charge is -2.41. The number of rotatable bonds is 13. The molecule has 1 amide bonds. The lowest BCUT2D eigenvalue weighted by molar-refractivity contribution is -0.172. The van der Waals surface area contributed by atoms with Crippen molar-refractivity contribution in [3.63, 3.8) is 0 Å². The standard InChI is InChI=1S/C30H42N5O6P/c1-20(2)35(21(3)4)42(39-17-16-31-7)41-24-18-25(40-29(24,6)30(38-8)14-15-30)34-19-22(5)26(33-28(34)37)32-27(36)23-12-10-9-11-13-23/h9-13,19-21,24-25H,14-18H2,1-6,8H3,(H,32,33,36,37)/t24-,25+,29+,42?/m0/s1/i6D. The first-order valence-corrected chi connectivity index (χ1v) is 15.3. The number of hydrogen-bond donors (Lipinski definition) is 1. The van der Waals surface area contributed by atoms with Gasteiger partial charge >= 0.3 is 5.69 Å². The van der Waals surface area contributed by atoms with Crippen LogP contribution in [0, 0.1) is 13.5 Å². The lowest BCUT2D eigenvalue weighted by atomic mass is 9.90. The number of nitrogens with zero attached hydrogens (tertiary/aromatic N) is 4. The molecule has 1 unspecified atom stereocenters. The summed E-state index contributed by atoms with van der Waals surface area (Å²) in [6.07, 6.45) is 1.84. The van der Waals surface area contributed by atoms with E-state index >= 15 is 0 Å². The summed E-state index contributed by atoms with van der Waals surface area (Å²) in [5.74, 6) is -0.196. The van der Waals surface area contributed by atoms with Crippen LogP contribution >= 0.6 is 8.53 Å². The largest absolute Gasteiger partial charge is 0.375 e. The zero-order valence-corrected chi connectivity index (χ0v) is 26.1. The Hall–Kier alpha value is -2.71. The first-order chi connectivity index (χ1) is 20.5. The summed E-state index contributed by atoms with van der Waals surface area (Å²) >= 11 is 0. The molecular formula is C30H42N5O6P. The van der Waals surface area contributed by atoms with Crippen LogP contribution in [0.1, 0.15) is 77.4 Å². The number of hydrogen-bond acceptors (Lipinski definition) is 8. The summed E-state index contributed by atoms with van der Waals surface area (Å²) in [6.45, 7) is 17.5. The molecule has 4 atom stereocenters. The summed E-state index contributed by atoms with van der Waals surface area (Å²) in [5, 5.41) is 2.73. The zero-order valence-electron chi connectivity index (χ0n) is 26.2. The van der Waals surface area contributed by atoms with E-state index in [1.807, 2.05) is 6.07 Å². The number of nitrogens with one attached hydrogen (secondary N) is 1. The first kappa shape index (κ1) is 30.7. The van der Waals surface area contributed by atoms with Crippen molar-refractivity contribution in [1.29, 1.82) is 0 Å². The maximum absolute atomic E-state index is 13.4. The maximum Gasteiger partial charge on any atom is 0.351 e. The highest BCUT2D eigenvalue weighted by molar-refractivity contribution is 7.44. The van der Waals surface area contributed by atoms with Crippen molar-refractivity contribution in [3.05, 3.63) is 69.6 Å². The van der Waals surface area contributed by atoms with Crippen LogP contribution in [-0.4, -0.2) is 69.8 Å². The third kappa shape index (κ3) is 6.60. The van der Waals surface area contributed by atoms with Gasteiger partial charge in [0.05, 0.1) is 5.60 Å². The third-order valence-electron chi connectivity index (χ3n) is 7.73. The molecule has 42 heavy (non-hydrogen) atoms. The smallest absolute Gasteiger partial charge is 0.351 e. The van der Waals surface area contributed by atoms with Gasteiger partial charge in [-0.15, -0.1) is 0 Å². The van der Waals surface area contributed by atoms with E-state index in [1.54, 1.807) is 44.5 Å². The van der Waals surface area contributed by atoms with Crippen LogP contribution in [0.15, 0.2) is 41.3 Å². The Kier molecular flexibility index (Phi) is 9.73. The average molecular weight is 601 g/mol. The predicted octanol–water partition coefficient (Wildman–Crippen LogP) is 5.33. The molecule has 1 aliphatic carbocycles. The summed E-state index contributed by atoms with van der Waals surface area (Å²) in [5.41, 5.74) is -1.46. The Morgan fingerprint density at radius 1 is 1.31 bits per heavy atom. The summed E-state index contributed by atoms with van der Waals surface area (Å²) < 4.78 is 37.8. The molecule has 0 radical (unpaired) electrons. The van der Waals surface area contributed by atoms with Crippen LogP contribution < -0.4 is 11.0 Å². The van der Waals surface area contributed by atoms with E-state index in [-0.39, 0.29) is 50.3 Å². The Balaban J connectivity index is 1.66. The average Bonchev–Trinajstić information content (AvgIpc) is 3.70. The second-order valence-electron chi connectivity index (χ2n) is 11.3. The normalized spacial score (nSPS) is 24.0. The van der Waals surface area contributed by atoms with Gasteiger partial charge in [0.2, 0.25) is 6.54 Å². The Labute approximate surface area is 250 Å². The van der Waals surface area contributed by atoms with Crippen LogP contribution in [-0.2, 0) is 18.5 Å². The molecule has 228 valence electrons. The molecule has 2 fully saturated rings. The summed E-state index contributed by atoms with van der Waals surface area (Å²) in [6, 6.07) is 8.89. The molecule has 2 aliphatic rings. The molecule has 2 heterocycles. The second kappa shape index (κ2) is 13.3. The van der Waals surface area contributed by atoms with Gasteiger partial charge in [0.15, 0.2) is 0 Å². The van der Waals surface area contributed by atoms with Crippen molar-refractivity contribution >= 4 is 20.3 Å². The Bertz CT molecular complexity index is 1360. The molecule has 11 nitrogen and oxygen atoms in total. The quantitative estimate of drug-likeness (QED) is 0.187. The fourth-order valence-electron chi connectivity index (χ4n) is 5.42. The van der Waals surface area contributed by atoms with E-state index in [0.29, 0.717) is 24.0 Å². The molecule has 1 N–H and O–H groups in total. The van der Waals surface area contributed by atoms with Gasteiger partial charge in [-0.1, -0.05) is 18.2 Å². The van der Waals surface area contributed by atoms with E-state index < -0.39 is 37.7 Å². The Morgan fingerprint density at radius 3 is 2.57 bits per heavy atom. The molecule has 0 bridgehead atoms. The highest BCUT2D eigenvalue weighted by Crippen LogP contribution is 2.60. The summed E-state index contributed by atoms with van der Waals surface area (Å²) in [7, 11) is -0.0178. The minimum absolute atomic E-state index is 0.0907. The SMILES string of the molecule is [2H]C[C@@]1(C2(OC)CC2)O[C@@H](n2cc(C)c(NC(=O)c3ccccc3)nc2=O)C[C@@H]1OP(OCC[N+]#[C-])N(C(C)C)C(C)C. The van der Waals surface area contributed by atoms with Crippen LogP contribution in [0.2, 0.25) is 0 Å². The highest BCUT2D eigenvalue weighted by Gasteiger charge is 2.67. The van der Waals surface area contributed by atoms with Gasteiger partial charge in [0.25, 0.3) is 14.4 Å². The van der Waals surface area contributed by atoms with Crippen molar-refractivity contribution in [2.75, 3.05) is 25.6 Å². The zero-order chi connectivity index (χ0) is 31.4. The van der Waals surface area contributed by atoms with Gasteiger partial charge in [0, 0.05) is 44.3 Å².